The van der Waals surface area contributed by atoms with Crippen LogP contribution < -0.4 is 4.90 Å². The normalized spacial score (nSPS) is 15.5. The third-order valence-electron chi connectivity index (χ3n) is 4.00. The minimum Gasteiger partial charge on any atom is -0.354 e. The second-order valence-corrected chi connectivity index (χ2v) is 5.60. The number of aromatic nitrogens is 2. The molecule has 1 aliphatic heterocycles. The molecule has 0 saturated carbocycles. The number of nitriles is 1. The van der Waals surface area contributed by atoms with Crippen LogP contribution in [0.5, 0.6) is 0 Å². The molecule has 1 aliphatic rings. The van der Waals surface area contributed by atoms with Crippen LogP contribution in [0.3, 0.4) is 0 Å². The molecule has 112 valence electrons. The van der Waals surface area contributed by atoms with Crippen LogP contribution in [0.2, 0.25) is 0 Å². The van der Waals surface area contributed by atoms with Crippen molar-refractivity contribution in [1.82, 2.24) is 14.9 Å². The average molecular weight is 293 g/mol. The molecule has 1 aromatic heterocycles. The van der Waals surface area contributed by atoms with Gasteiger partial charge in [-0.1, -0.05) is 12.1 Å². The van der Waals surface area contributed by atoms with Crippen LogP contribution >= 0.6 is 0 Å². The highest BCUT2D eigenvalue weighted by molar-refractivity contribution is 5.45. The summed E-state index contributed by atoms with van der Waals surface area (Å²) in [5.74, 6) is 1.04. The number of benzene rings is 1. The predicted octanol–water partition coefficient (Wildman–Crippen LogP) is 1.98. The van der Waals surface area contributed by atoms with Crippen LogP contribution in [0.25, 0.3) is 0 Å². The first kappa shape index (κ1) is 14.5. The first-order valence-corrected chi connectivity index (χ1v) is 7.49. The predicted molar refractivity (Wildman–Crippen MR) is 85.4 cm³/mol. The van der Waals surface area contributed by atoms with Gasteiger partial charge in [0.1, 0.15) is 12.1 Å². The average Bonchev–Trinajstić information content (AvgIpc) is 2.56. The summed E-state index contributed by atoms with van der Waals surface area (Å²) in [6.45, 7) is 6.88. The summed E-state index contributed by atoms with van der Waals surface area (Å²) in [6, 6.07) is 10.1. The van der Waals surface area contributed by atoms with Crippen LogP contribution in [0.1, 0.15) is 16.7 Å². The summed E-state index contributed by atoms with van der Waals surface area (Å²) in [5, 5.41) is 8.97. The maximum atomic E-state index is 8.97. The Kier molecular flexibility index (Phi) is 4.31. The Bertz CT molecular complexity index is 683. The van der Waals surface area contributed by atoms with Crippen molar-refractivity contribution in [1.29, 1.82) is 5.26 Å². The van der Waals surface area contributed by atoms with Gasteiger partial charge in [-0.3, -0.25) is 4.90 Å². The third-order valence-corrected chi connectivity index (χ3v) is 4.00. The molecular weight excluding hydrogens is 274 g/mol. The molecule has 1 fully saturated rings. The summed E-state index contributed by atoms with van der Waals surface area (Å²) < 4.78 is 0. The Morgan fingerprint density at radius 3 is 2.77 bits per heavy atom. The number of piperazine rings is 1. The van der Waals surface area contributed by atoms with E-state index in [0.717, 1.165) is 49.7 Å². The van der Waals surface area contributed by atoms with Crippen molar-refractivity contribution in [3.05, 3.63) is 53.5 Å². The molecular formula is C17H19N5. The summed E-state index contributed by atoms with van der Waals surface area (Å²) in [6.07, 6.45) is 3.48. The van der Waals surface area contributed by atoms with Gasteiger partial charge in [0, 0.05) is 44.5 Å². The van der Waals surface area contributed by atoms with Crippen LogP contribution in [0.4, 0.5) is 5.82 Å². The van der Waals surface area contributed by atoms with E-state index in [2.05, 4.69) is 38.8 Å². The zero-order valence-corrected chi connectivity index (χ0v) is 12.7. The Morgan fingerprint density at radius 2 is 2.05 bits per heavy atom. The van der Waals surface area contributed by atoms with Gasteiger partial charge in [0.05, 0.1) is 11.6 Å². The number of anilines is 1. The monoisotopic (exact) mass is 293 g/mol. The maximum Gasteiger partial charge on any atom is 0.134 e. The lowest BCUT2D eigenvalue weighted by Gasteiger charge is -2.35. The lowest BCUT2D eigenvalue weighted by atomic mass is 10.1. The second kappa shape index (κ2) is 6.54. The number of hydrogen-bond donors (Lipinski definition) is 0. The van der Waals surface area contributed by atoms with Crippen LogP contribution in [0, 0.1) is 18.3 Å². The van der Waals surface area contributed by atoms with E-state index in [-0.39, 0.29) is 0 Å². The van der Waals surface area contributed by atoms with E-state index in [9.17, 15) is 0 Å². The molecule has 1 aromatic carbocycles. The second-order valence-electron chi connectivity index (χ2n) is 5.60. The fourth-order valence-electron chi connectivity index (χ4n) is 2.84. The number of rotatable bonds is 3. The van der Waals surface area contributed by atoms with Gasteiger partial charge in [-0.15, -0.1) is 0 Å². The molecule has 0 spiro atoms. The molecule has 0 amide bonds. The van der Waals surface area contributed by atoms with Gasteiger partial charge in [-0.2, -0.15) is 5.26 Å². The third kappa shape index (κ3) is 3.23. The fourth-order valence-corrected chi connectivity index (χ4v) is 2.84. The van der Waals surface area contributed by atoms with E-state index in [1.807, 2.05) is 24.4 Å². The van der Waals surface area contributed by atoms with E-state index >= 15 is 0 Å². The molecule has 0 N–H and O–H groups in total. The fraction of sp³-hybridized carbons (Fsp3) is 0.353. The quantitative estimate of drug-likeness (QED) is 0.866. The Hall–Kier alpha value is -2.45. The van der Waals surface area contributed by atoms with Crippen molar-refractivity contribution >= 4 is 5.82 Å². The standard InChI is InChI=1S/C17H19N5/c1-14-11-19-13-20-17(14)22-7-5-21(6-8-22)12-16-4-2-3-15(9-16)10-18/h2-4,9,11,13H,5-8,12H2,1H3. The topological polar surface area (TPSA) is 56.1 Å². The van der Waals surface area contributed by atoms with Gasteiger partial charge in [0.2, 0.25) is 0 Å². The molecule has 0 bridgehead atoms. The van der Waals surface area contributed by atoms with Gasteiger partial charge in [0.15, 0.2) is 0 Å². The van der Waals surface area contributed by atoms with Crippen molar-refractivity contribution in [2.45, 2.75) is 13.5 Å². The molecule has 5 heteroatoms. The maximum absolute atomic E-state index is 8.97. The van der Waals surface area contributed by atoms with Gasteiger partial charge in [0.25, 0.3) is 0 Å². The Labute approximate surface area is 130 Å². The summed E-state index contributed by atoms with van der Waals surface area (Å²) in [5.41, 5.74) is 3.05. The molecule has 0 atom stereocenters. The highest BCUT2D eigenvalue weighted by Gasteiger charge is 2.19. The van der Waals surface area contributed by atoms with Crippen molar-refractivity contribution in [3.63, 3.8) is 0 Å². The van der Waals surface area contributed by atoms with Gasteiger partial charge in [-0.25, -0.2) is 9.97 Å². The van der Waals surface area contributed by atoms with E-state index in [4.69, 9.17) is 5.26 Å². The highest BCUT2D eigenvalue weighted by Crippen LogP contribution is 2.18. The van der Waals surface area contributed by atoms with Crippen molar-refractivity contribution in [3.8, 4) is 6.07 Å². The van der Waals surface area contributed by atoms with Crippen molar-refractivity contribution < 1.29 is 0 Å². The van der Waals surface area contributed by atoms with Crippen LogP contribution in [-0.2, 0) is 6.54 Å². The van der Waals surface area contributed by atoms with Gasteiger partial charge in [-0.05, 0) is 24.6 Å². The summed E-state index contributed by atoms with van der Waals surface area (Å²) >= 11 is 0. The van der Waals surface area contributed by atoms with E-state index in [0.29, 0.717) is 0 Å². The summed E-state index contributed by atoms with van der Waals surface area (Å²) in [7, 11) is 0. The molecule has 0 aliphatic carbocycles. The minimum absolute atomic E-state index is 0.729. The summed E-state index contributed by atoms with van der Waals surface area (Å²) in [4.78, 5) is 13.2. The van der Waals surface area contributed by atoms with E-state index in [1.165, 1.54) is 5.56 Å². The zero-order chi connectivity index (χ0) is 15.4. The van der Waals surface area contributed by atoms with Gasteiger partial charge >= 0.3 is 0 Å². The lowest BCUT2D eigenvalue weighted by Crippen LogP contribution is -2.46. The molecule has 0 radical (unpaired) electrons. The highest BCUT2D eigenvalue weighted by atomic mass is 15.3. The Morgan fingerprint density at radius 1 is 1.23 bits per heavy atom. The first-order chi connectivity index (χ1) is 10.8. The van der Waals surface area contributed by atoms with Crippen molar-refractivity contribution in [2.24, 2.45) is 0 Å². The lowest BCUT2D eigenvalue weighted by molar-refractivity contribution is 0.249. The SMILES string of the molecule is Cc1cncnc1N1CCN(Cc2cccc(C#N)c2)CC1. The molecule has 0 unspecified atom stereocenters. The number of aryl methyl sites for hydroxylation is 1. The smallest absolute Gasteiger partial charge is 0.134 e. The Balaban J connectivity index is 1.60. The number of nitrogens with zero attached hydrogens (tertiary/aromatic N) is 5. The van der Waals surface area contributed by atoms with Crippen LogP contribution in [0.15, 0.2) is 36.8 Å². The molecule has 2 heterocycles. The van der Waals surface area contributed by atoms with E-state index < -0.39 is 0 Å². The number of hydrogen-bond acceptors (Lipinski definition) is 5. The zero-order valence-electron chi connectivity index (χ0n) is 12.7. The van der Waals surface area contributed by atoms with E-state index in [1.54, 1.807) is 6.33 Å². The van der Waals surface area contributed by atoms with Crippen molar-refractivity contribution in [2.75, 3.05) is 31.1 Å². The molecule has 5 nitrogen and oxygen atoms in total. The molecule has 22 heavy (non-hydrogen) atoms. The molecule has 3 rings (SSSR count). The largest absolute Gasteiger partial charge is 0.354 e. The molecule has 1 saturated heterocycles. The van der Waals surface area contributed by atoms with Crippen LogP contribution in [-0.4, -0.2) is 41.0 Å². The minimum atomic E-state index is 0.729. The molecule has 2 aromatic rings. The first-order valence-electron chi connectivity index (χ1n) is 7.49. The van der Waals surface area contributed by atoms with Gasteiger partial charge < -0.3 is 4.90 Å².